The minimum absolute atomic E-state index is 0.0391. The highest BCUT2D eigenvalue weighted by molar-refractivity contribution is 7.89. The van der Waals surface area contributed by atoms with Crippen LogP contribution >= 0.6 is 0 Å². The Morgan fingerprint density at radius 1 is 0.789 bits per heavy atom. The fourth-order valence-electron chi connectivity index (χ4n) is 3.74. The number of amides is 1. The van der Waals surface area contributed by atoms with Crippen LogP contribution in [0.1, 0.15) is 69.7 Å². The molecule has 8 N–H and O–H groups in total. The van der Waals surface area contributed by atoms with Crippen LogP contribution < -0.4 is 21.7 Å². The van der Waals surface area contributed by atoms with Gasteiger partial charge in [0.2, 0.25) is 20.0 Å². The molecule has 0 aliphatic rings. The highest BCUT2D eigenvalue weighted by atomic mass is 32.2. The number of nitrogens with zero attached hydrogens (tertiary/aromatic N) is 1. The number of primary sulfonamides is 2. The van der Waals surface area contributed by atoms with Crippen molar-refractivity contribution in [3.8, 4) is 0 Å². The molecule has 0 aromatic heterocycles. The number of sulfonamides is 2. The van der Waals surface area contributed by atoms with Crippen molar-refractivity contribution in [1.29, 1.82) is 0 Å². The highest BCUT2D eigenvalue weighted by Crippen LogP contribution is 2.23. The molecule has 0 radical (unpaired) electrons. The fourth-order valence-corrected chi connectivity index (χ4v) is 5.32. The Morgan fingerprint density at radius 3 is 1.53 bits per heavy atom. The lowest BCUT2D eigenvalue weighted by Gasteiger charge is -2.11. The van der Waals surface area contributed by atoms with Gasteiger partial charge in [0.25, 0.3) is 5.91 Å². The second-order valence-electron chi connectivity index (χ2n) is 8.47. The van der Waals surface area contributed by atoms with Crippen molar-refractivity contribution in [2.45, 2.75) is 63.2 Å². The van der Waals surface area contributed by atoms with Gasteiger partial charge < -0.3 is 16.2 Å². The molecular formula is C24H35N5O7S2. The maximum absolute atomic E-state index is 12.0. The number of hydrogen-bond donors (Lipinski definition) is 4. The Balaban J connectivity index is 0.000000382. The van der Waals surface area contributed by atoms with E-state index in [1.807, 2.05) is 13.8 Å². The lowest BCUT2D eigenvalue weighted by atomic mass is 10.00. The number of carbonyl (C=O) groups is 2. The van der Waals surface area contributed by atoms with Crippen molar-refractivity contribution in [2.24, 2.45) is 26.7 Å². The average Bonchev–Trinajstić information content (AvgIpc) is 2.77. The Morgan fingerprint density at radius 2 is 1.18 bits per heavy atom. The topological polar surface area (TPSA) is 228 Å². The number of methoxy groups -OCH3 is 1. The number of aliphatic imine (C=N–C) groups is 1. The van der Waals surface area contributed by atoms with Gasteiger partial charge in [-0.1, -0.05) is 38.8 Å². The summed E-state index contributed by atoms with van der Waals surface area (Å²) in [5, 5.41) is 10.2. The van der Waals surface area contributed by atoms with E-state index in [4.69, 9.17) is 21.7 Å². The number of ether oxygens (including phenoxy) is 1. The van der Waals surface area contributed by atoms with Crippen molar-refractivity contribution < 1.29 is 31.2 Å². The van der Waals surface area contributed by atoms with E-state index >= 15 is 0 Å². The summed E-state index contributed by atoms with van der Waals surface area (Å²) in [4.78, 5) is 26.9. The molecule has 0 unspecified atom stereocenters. The Bertz CT molecular complexity index is 1450. The number of esters is 1. The molecule has 0 aliphatic heterocycles. The molecule has 38 heavy (non-hydrogen) atoms. The van der Waals surface area contributed by atoms with Gasteiger partial charge in [-0.15, -0.1) is 0 Å². The highest BCUT2D eigenvalue weighted by Gasteiger charge is 2.20. The first-order valence-corrected chi connectivity index (χ1v) is 14.6. The number of rotatable bonds is 8. The number of hydrogen-bond acceptors (Lipinski definition) is 7. The predicted molar refractivity (Wildman–Crippen MR) is 145 cm³/mol. The second kappa shape index (κ2) is 13.5. The molecule has 0 bridgehead atoms. The van der Waals surface area contributed by atoms with E-state index in [9.17, 15) is 26.4 Å². The first-order valence-electron chi connectivity index (χ1n) is 11.5. The number of aryl methyl sites for hydroxylation is 4. The molecule has 12 nitrogen and oxygen atoms in total. The van der Waals surface area contributed by atoms with Gasteiger partial charge >= 0.3 is 5.97 Å². The van der Waals surface area contributed by atoms with Crippen molar-refractivity contribution in [1.82, 2.24) is 0 Å². The van der Waals surface area contributed by atoms with E-state index in [0.29, 0.717) is 29.5 Å². The molecule has 0 spiro atoms. The van der Waals surface area contributed by atoms with Gasteiger partial charge in [0.1, 0.15) is 0 Å². The Labute approximate surface area is 223 Å². The monoisotopic (exact) mass is 569 g/mol. The molecule has 1 amide bonds. The normalized spacial score (nSPS) is 11.2. The van der Waals surface area contributed by atoms with E-state index < -0.39 is 31.9 Å². The van der Waals surface area contributed by atoms with E-state index in [2.05, 4.69) is 9.73 Å². The summed E-state index contributed by atoms with van der Waals surface area (Å²) in [5.41, 5.74) is 13.2. The van der Waals surface area contributed by atoms with Crippen LogP contribution in [0.4, 0.5) is 0 Å². The van der Waals surface area contributed by atoms with Crippen molar-refractivity contribution >= 4 is 37.9 Å². The minimum atomic E-state index is -3.91. The quantitative estimate of drug-likeness (QED) is 0.204. The fraction of sp³-hybridized carbons (Fsp3) is 0.375. The molecule has 2 aromatic rings. The van der Waals surface area contributed by atoms with Gasteiger partial charge in [-0.05, 0) is 61.1 Å². The maximum Gasteiger partial charge on any atom is 0.338 e. The molecule has 0 heterocycles. The number of guanidine groups is 1. The third kappa shape index (κ3) is 8.90. The summed E-state index contributed by atoms with van der Waals surface area (Å²) in [7, 11) is -6.49. The smallest absolute Gasteiger partial charge is 0.338 e. The molecule has 0 saturated carbocycles. The number of nitrogens with two attached hydrogens (primary N) is 4. The van der Waals surface area contributed by atoms with Crippen LogP contribution in [0, 0.1) is 13.8 Å². The van der Waals surface area contributed by atoms with Gasteiger partial charge in [0, 0.05) is 5.56 Å². The van der Waals surface area contributed by atoms with Crippen LogP contribution in [0.2, 0.25) is 0 Å². The van der Waals surface area contributed by atoms with Crippen LogP contribution in [-0.4, -0.2) is 41.8 Å². The third-order valence-electron chi connectivity index (χ3n) is 5.32. The summed E-state index contributed by atoms with van der Waals surface area (Å²) in [5.74, 6) is -1.61. The standard InChI is InChI=1S/C12H18N4O3S.C12H17NO4S/c1-3-4-8-5-7(2)10(20(15,18)19)6-9(8)11(17)16-12(13)14;1-4-5-9-6-8(2)11(18(13,15)16)7-10(9)12(14)17-3/h5-6H,3-4H2,1-2H3,(H2,15,18,19)(H4,13,14,16,17);6-7H,4-5H2,1-3H3,(H2,13,15,16). The SMILES string of the molecule is CCCc1cc(C)c(S(N)(=O)=O)cc1C(=O)N=C(N)N.CCCc1cc(C)c(S(N)(=O)=O)cc1C(=O)OC. The molecule has 2 rings (SSSR count). The second-order valence-corrected chi connectivity index (χ2v) is 11.5. The summed E-state index contributed by atoms with van der Waals surface area (Å²) in [6.45, 7) is 7.19. The van der Waals surface area contributed by atoms with Crippen LogP contribution in [0.3, 0.4) is 0 Å². The molecule has 2 aromatic carbocycles. The largest absolute Gasteiger partial charge is 0.465 e. The zero-order chi connectivity index (χ0) is 29.4. The van der Waals surface area contributed by atoms with Gasteiger partial charge in [0.05, 0.1) is 22.5 Å². The zero-order valence-electron chi connectivity index (χ0n) is 22.1. The minimum Gasteiger partial charge on any atom is -0.465 e. The van der Waals surface area contributed by atoms with Crippen LogP contribution in [-0.2, 0) is 37.6 Å². The van der Waals surface area contributed by atoms with E-state index in [1.165, 1.54) is 19.2 Å². The summed E-state index contributed by atoms with van der Waals surface area (Å²) in [6.07, 6.45) is 2.91. The Hall–Kier alpha value is -3.33. The predicted octanol–water partition coefficient (Wildman–Crippen LogP) is 1.39. The van der Waals surface area contributed by atoms with Crippen LogP contribution in [0.15, 0.2) is 39.0 Å². The van der Waals surface area contributed by atoms with Gasteiger partial charge in [0.15, 0.2) is 5.96 Å². The van der Waals surface area contributed by atoms with E-state index in [1.54, 1.807) is 26.0 Å². The van der Waals surface area contributed by atoms with Gasteiger partial charge in [-0.25, -0.2) is 31.9 Å². The van der Waals surface area contributed by atoms with Gasteiger partial charge in [-0.3, -0.25) is 4.79 Å². The lowest BCUT2D eigenvalue weighted by molar-refractivity contribution is 0.0599. The summed E-state index contributed by atoms with van der Waals surface area (Å²) < 4.78 is 50.5. The van der Waals surface area contributed by atoms with Gasteiger partial charge in [-0.2, -0.15) is 4.99 Å². The number of carbonyl (C=O) groups excluding carboxylic acids is 2. The Kier molecular flexibility index (Phi) is 11.6. The zero-order valence-corrected chi connectivity index (χ0v) is 23.7. The van der Waals surface area contributed by atoms with Crippen molar-refractivity contribution in [2.75, 3.05) is 7.11 Å². The van der Waals surface area contributed by atoms with Crippen LogP contribution in [0.25, 0.3) is 0 Å². The molecule has 0 aliphatic carbocycles. The van der Waals surface area contributed by atoms with E-state index in [-0.39, 0.29) is 26.9 Å². The summed E-state index contributed by atoms with van der Waals surface area (Å²) >= 11 is 0. The average molecular weight is 570 g/mol. The van der Waals surface area contributed by atoms with Crippen LogP contribution in [0.5, 0.6) is 0 Å². The first kappa shape index (κ1) is 32.7. The maximum atomic E-state index is 12.0. The first-order chi connectivity index (χ1) is 17.5. The number of benzene rings is 2. The molecule has 0 fully saturated rings. The lowest BCUT2D eigenvalue weighted by Crippen LogP contribution is -2.24. The molecular weight excluding hydrogens is 534 g/mol. The van der Waals surface area contributed by atoms with Crippen molar-refractivity contribution in [3.63, 3.8) is 0 Å². The third-order valence-corrected chi connectivity index (χ3v) is 7.43. The van der Waals surface area contributed by atoms with E-state index in [0.717, 1.165) is 18.4 Å². The molecule has 0 atom stereocenters. The molecule has 14 heteroatoms. The summed E-state index contributed by atoms with van der Waals surface area (Å²) in [6, 6.07) is 5.82. The van der Waals surface area contributed by atoms with Crippen molar-refractivity contribution in [3.05, 3.63) is 57.6 Å². The molecule has 210 valence electrons. The molecule has 0 saturated heterocycles.